The van der Waals surface area contributed by atoms with E-state index < -0.39 is 4.92 Å². The zero-order valence-corrected chi connectivity index (χ0v) is 8.80. The van der Waals surface area contributed by atoms with E-state index in [9.17, 15) is 10.1 Å². The highest BCUT2D eigenvalue weighted by atomic mass is 16.6. The molecule has 0 heterocycles. The molecule has 1 rings (SSSR count). The zero-order valence-electron chi connectivity index (χ0n) is 8.80. The van der Waals surface area contributed by atoms with Crippen LogP contribution >= 0.6 is 0 Å². The fourth-order valence-electron chi connectivity index (χ4n) is 1.18. The predicted octanol–water partition coefficient (Wildman–Crippen LogP) is 2.45. The standard InChI is InChI=1S/C11H11N3O2/c1-3-8(2)13-10-6-9(7-12)4-5-11(10)14(15)16/h3-6,8,13H,1H2,2H3. The Morgan fingerprint density at radius 3 is 2.88 bits per heavy atom. The Balaban J connectivity index is 3.16. The normalized spacial score (nSPS) is 11.2. The van der Waals surface area contributed by atoms with E-state index in [4.69, 9.17) is 5.26 Å². The van der Waals surface area contributed by atoms with Crippen LogP contribution in [0.1, 0.15) is 12.5 Å². The number of nitriles is 1. The molecular weight excluding hydrogens is 206 g/mol. The minimum absolute atomic E-state index is 0.0484. The molecule has 5 heteroatoms. The first-order valence-corrected chi connectivity index (χ1v) is 4.66. The molecule has 1 aromatic carbocycles. The van der Waals surface area contributed by atoms with Gasteiger partial charge in [0.05, 0.1) is 16.6 Å². The van der Waals surface area contributed by atoms with Crippen molar-refractivity contribution >= 4 is 11.4 Å². The van der Waals surface area contributed by atoms with Crippen molar-refractivity contribution in [2.24, 2.45) is 0 Å². The number of nitro benzene ring substituents is 1. The maximum absolute atomic E-state index is 10.7. The van der Waals surface area contributed by atoms with Gasteiger partial charge in [0.1, 0.15) is 5.69 Å². The molecule has 0 radical (unpaired) electrons. The quantitative estimate of drug-likeness (QED) is 0.477. The highest BCUT2D eigenvalue weighted by molar-refractivity contribution is 5.64. The number of hydrogen-bond acceptors (Lipinski definition) is 4. The second-order valence-electron chi connectivity index (χ2n) is 3.27. The Morgan fingerprint density at radius 1 is 1.69 bits per heavy atom. The van der Waals surface area contributed by atoms with Gasteiger partial charge >= 0.3 is 0 Å². The van der Waals surface area contributed by atoms with Gasteiger partial charge in [-0.15, -0.1) is 6.58 Å². The van der Waals surface area contributed by atoms with Crippen molar-refractivity contribution in [1.82, 2.24) is 0 Å². The topological polar surface area (TPSA) is 79.0 Å². The number of hydrogen-bond donors (Lipinski definition) is 1. The van der Waals surface area contributed by atoms with Crippen LogP contribution in [0, 0.1) is 21.4 Å². The molecule has 0 fully saturated rings. The molecule has 82 valence electrons. The average Bonchev–Trinajstić information content (AvgIpc) is 2.28. The first kappa shape index (κ1) is 11.7. The van der Waals surface area contributed by atoms with Crippen LogP contribution in [0.5, 0.6) is 0 Å². The average molecular weight is 217 g/mol. The molecule has 0 aliphatic rings. The van der Waals surface area contributed by atoms with E-state index in [0.29, 0.717) is 11.3 Å². The minimum Gasteiger partial charge on any atom is -0.374 e. The Bertz CT molecular complexity index is 463. The molecule has 0 saturated heterocycles. The number of nitrogens with one attached hydrogen (secondary N) is 1. The number of anilines is 1. The molecule has 0 aliphatic heterocycles. The molecule has 0 bridgehead atoms. The molecule has 0 aromatic heterocycles. The van der Waals surface area contributed by atoms with E-state index >= 15 is 0 Å². The van der Waals surface area contributed by atoms with Crippen LogP contribution in [-0.2, 0) is 0 Å². The van der Waals surface area contributed by atoms with Gasteiger partial charge in [-0.25, -0.2) is 0 Å². The monoisotopic (exact) mass is 217 g/mol. The number of benzene rings is 1. The smallest absolute Gasteiger partial charge is 0.292 e. The summed E-state index contributed by atoms with van der Waals surface area (Å²) in [5, 5.41) is 22.4. The van der Waals surface area contributed by atoms with Crippen LogP contribution in [0.3, 0.4) is 0 Å². The number of nitro groups is 1. The Labute approximate surface area is 93.2 Å². The molecular formula is C11H11N3O2. The second-order valence-corrected chi connectivity index (χ2v) is 3.27. The van der Waals surface area contributed by atoms with Crippen LogP contribution in [0.4, 0.5) is 11.4 Å². The maximum Gasteiger partial charge on any atom is 0.292 e. The zero-order chi connectivity index (χ0) is 12.1. The summed E-state index contributed by atoms with van der Waals surface area (Å²) in [6, 6.07) is 6.02. The van der Waals surface area contributed by atoms with Crippen molar-refractivity contribution in [3.63, 3.8) is 0 Å². The third-order valence-corrected chi connectivity index (χ3v) is 2.06. The summed E-state index contributed by atoms with van der Waals surface area (Å²) in [4.78, 5) is 10.3. The van der Waals surface area contributed by atoms with Gasteiger partial charge in [0.2, 0.25) is 0 Å². The van der Waals surface area contributed by atoms with Gasteiger partial charge in [-0.2, -0.15) is 5.26 Å². The highest BCUT2D eigenvalue weighted by Crippen LogP contribution is 2.25. The summed E-state index contributed by atoms with van der Waals surface area (Å²) in [7, 11) is 0. The number of nitrogens with zero attached hydrogens (tertiary/aromatic N) is 2. The predicted molar refractivity (Wildman–Crippen MR) is 61.1 cm³/mol. The summed E-state index contributed by atoms with van der Waals surface area (Å²) in [5.74, 6) is 0. The van der Waals surface area contributed by atoms with Gasteiger partial charge in [-0.05, 0) is 19.1 Å². The Kier molecular flexibility index (Phi) is 3.62. The van der Waals surface area contributed by atoms with Gasteiger partial charge in [-0.1, -0.05) is 6.08 Å². The van der Waals surface area contributed by atoms with E-state index in [2.05, 4.69) is 11.9 Å². The van der Waals surface area contributed by atoms with Crippen molar-refractivity contribution in [2.75, 3.05) is 5.32 Å². The van der Waals surface area contributed by atoms with Gasteiger partial charge in [0, 0.05) is 12.1 Å². The van der Waals surface area contributed by atoms with Crippen molar-refractivity contribution in [3.8, 4) is 6.07 Å². The van der Waals surface area contributed by atoms with Gasteiger partial charge in [0.25, 0.3) is 5.69 Å². The molecule has 16 heavy (non-hydrogen) atoms. The van der Waals surface area contributed by atoms with Gasteiger partial charge < -0.3 is 5.32 Å². The highest BCUT2D eigenvalue weighted by Gasteiger charge is 2.14. The van der Waals surface area contributed by atoms with E-state index in [0.717, 1.165) is 0 Å². The fraction of sp³-hybridized carbons (Fsp3) is 0.182. The summed E-state index contributed by atoms with van der Waals surface area (Å²) in [5.41, 5.74) is 0.661. The SMILES string of the molecule is C=CC(C)Nc1cc(C#N)ccc1[N+](=O)[O-]. The molecule has 5 nitrogen and oxygen atoms in total. The third kappa shape index (κ3) is 2.58. The Morgan fingerprint density at radius 2 is 2.38 bits per heavy atom. The Hall–Kier alpha value is -2.35. The molecule has 1 unspecified atom stereocenters. The lowest BCUT2D eigenvalue weighted by Gasteiger charge is -2.10. The lowest BCUT2D eigenvalue weighted by molar-refractivity contribution is -0.384. The first-order chi connectivity index (χ1) is 7.58. The lowest BCUT2D eigenvalue weighted by Crippen LogP contribution is -2.12. The number of rotatable bonds is 4. The molecule has 0 spiro atoms. The van der Waals surface area contributed by atoms with E-state index in [1.807, 2.05) is 13.0 Å². The summed E-state index contributed by atoms with van der Waals surface area (Å²) >= 11 is 0. The molecule has 1 N–H and O–H groups in total. The van der Waals surface area contributed by atoms with Crippen LogP contribution in [0.2, 0.25) is 0 Å². The molecule has 1 aromatic rings. The lowest BCUT2D eigenvalue weighted by atomic mass is 10.1. The maximum atomic E-state index is 10.7. The molecule has 0 amide bonds. The van der Waals surface area contributed by atoms with Crippen molar-refractivity contribution in [2.45, 2.75) is 13.0 Å². The summed E-state index contributed by atoms with van der Waals surface area (Å²) in [6.07, 6.45) is 1.63. The largest absolute Gasteiger partial charge is 0.374 e. The van der Waals surface area contributed by atoms with E-state index in [1.165, 1.54) is 18.2 Å². The fourth-order valence-corrected chi connectivity index (χ4v) is 1.18. The molecule has 1 atom stereocenters. The van der Waals surface area contributed by atoms with Gasteiger partial charge in [0.15, 0.2) is 0 Å². The van der Waals surface area contributed by atoms with E-state index in [1.54, 1.807) is 6.08 Å². The molecule has 0 aliphatic carbocycles. The summed E-state index contributed by atoms with van der Waals surface area (Å²) in [6.45, 7) is 5.39. The van der Waals surface area contributed by atoms with Crippen LogP contribution in [0.25, 0.3) is 0 Å². The van der Waals surface area contributed by atoms with Crippen molar-refractivity contribution < 1.29 is 4.92 Å². The van der Waals surface area contributed by atoms with Crippen molar-refractivity contribution in [3.05, 3.63) is 46.5 Å². The minimum atomic E-state index is -0.487. The first-order valence-electron chi connectivity index (χ1n) is 4.66. The second kappa shape index (κ2) is 4.94. The van der Waals surface area contributed by atoms with Crippen LogP contribution < -0.4 is 5.32 Å². The summed E-state index contributed by atoms with van der Waals surface area (Å²) < 4.78 is 0. The van der Waals surface area contributed by atoms with Crippen LogP contribution in [0.15, 0.2) is 30.9 Å². The van der Waals surface area contributed by atoms with Crippen LogP contribution in [-0.4, -0.2) is 11.0 Å². The van der Waals surface area contributed by atoms with Crippen molar-refractivity contribution in [1.29, 1.82) is 5.26 Å². The van der Waals surface area contributed by atoms with Gasteiger partial charge in [-0.3, -0.25) is 10.1 Å². The molecule has 0 saturated carbocycles. The van der Waals surface area contributed by atoms with E-state index in [-0.39, 0.29) is 11.7 Å². The third-order valence-electron chi connectivity index (χ3n) is 2.06.